The fourth-order valence-corrected chi connectivity index (χ4v) is 5.08. The number of aromatic nitrogens is 2. The van der Waals surface area contributed by atoms with Crippen LogP contribution in [0.2, 0.25) is 0 Å². The van der Waals surface area contributed by atoms with Crippen molar-refractivity contribution in [3.63, 3.8) is 0 Å². The highest BCUT2D eigenvalue weighted by Crippen LogP contribution is 2.33. The Hall–Kier alpha value is -3.26. The van der Waals surface area contributed by atoms with Crippen molar-refractivity contribution < 1.29 is 14.3 Å². The van der Waals surface area contributed by atoms with E-state index in [0.717, 1.165) is 30.6 Å². The Balaban J connectivity index is 1.76. The standard InChI is InChI=1S/C26H30N4O3S/c1-2-33-23-13-7-6-12-21(23)24(25(31)29-19-9-4-3-5-10-19)30(18-20-11-8-16-34-20)26(32)22-17-27-14-15-28-22/h6-8,11-17,19,24H,2-5,9-10,18H2,1H3,(H,29,31). The van der Waals surface area contributed by atoms with Crippen LogP contribution in [0.1, 0.15) is 66.0 Å². The van der Waals surface area contributed by atoms with Crippen molar-refractivity contribution in [1.29, 1.82) is 0 Å². The van der Waals surface area contributed by atoms with Crippen molar-refractivity contribution in [3.05, 3.63) is 76.5 Å². The lowest BCUT2D eigenvalue weighted by Crippen LogP contribution is -2.47. The molecule has 0 bridgehead atoms. The molecule has 2 heterocycles. The molecular formula is C26H30N4O3S. The number of hydrogen-bond donors (Lipinski definition) is 1. The zero-order chi connectivity index (χ0) is 23.8. The third-order valence-electron chi connectivity index (χ3n) is 5.97. The van der Waals surface area contributed by atoms with Gasteiger partial charge in [-0.15, -0.1) is 11.3 Å². The third-order valence-corrected chi connectivity index (χ3v) is 6.84. The number of para-hydroxylation sites is 1. The molecule has 1 aromatic carbocycles. The van der Waals surface area contributed by atoms with Gasteiger partial charge in [0.15, 0.2) is 0 Å². The molecule has 1 aliphatic carbocycles. The summed E-state index contributed by atoms with van der Waals surface area (Å²) in [4.78, 5) is 38.5. The number of amides is 2. The molecular weight excluding hydrogens is 448 g/mol. The summed E-state index contributed by atoms with van der Waals surface area (Å²) in [5.74, 6) is 0.0429. The molecule has 8 heteroatoms. The fraction of sp³-hybridized carbons (Fsp3) is 0.385. The van der Waals surface area contributed by atoms with Crippen LogP contribution >= 0.6 is 11.3 Å². The van der Waals surface area contributed by atoms with Crippen LogP contribution in [-0.2, 0) is 11.3 Å². The normalized spacial score (nSPS) is 14.9. The van der Waals surface area contributed by atoms with Gasteiger partial charge in [0.25, 0.3) is 5.91 Å². The summed E-state index contributed by atoms with van der Waals surface area (Å²) in [6, 6.07) is 10.6. The van der Waals surface area contributed by atoms with Gasteiger partial charge in [-0.1, -0.05) is 43.5 Å². The number of carbonyl (C=O) groups is 2. The Bertz CT molecular complexity index is 1070. The maximum Gasteiger partial charge on any atom is 0.275 e. The molecule has 1 fully saturated rings. The van der Waals surface area contributed by atoms with E-state index in [1.165, 1.54) is 25.0 Å². The summed E-state index contributed by atoms with van der Waals surface area (Å²) in [5.41, 5.74) is 0.856. The first-order valence-corrected chi connectivity index (χ1v) is 12.7. The average molecular weight is 479 g/mol. The molecule has 1 unspecified atom stereocenters. The second-order valence-corrected chi connectivity index (χ2v) is 9.35. The Morgan fingerprint density at radius 3 is 2.68 bits per heavy atom. The van der Waals surface area contributed by atoms with Gasteiger partial charge >= 0.3 is 0 Å². The van der Waals surface area contributed by atoms with E-state index in [1.54, 1.807) is 16.2 Å². The van der Waals surface area contributed by atoms with Crippen LogP contribution in [0, 0.1) is 0 Å². The van der Waals surface area contributed by atoms with Crippen LogP contribution in [0.3, 0.4) is 0 Å². The quantitative estimate of drug-likeness (QED) is 0.479. The van der Waals surface area contributed by atoms with Crippen molar-refractivity contribution in [2.75, 3.05) is 6.61 Å². The predicted molar refractivity (Wildman–Crippen MR) is 132 cm³/mol. The number of hydrogen-bond acceptors (Lipinski definition) is 6. The van der Waals surface area contributed by atoms with E-state index in [2.05, 4.69) is 15.3 Å². The summed E-state index contributed by atoms with van der Waals surface area (Å²) in [5, 5.41) is 5.20. The summed E-state index contributed by atoms with van der Waals surface area (Å²) in [6.45, 7) is 2.63. The molecule has 1 saturated carbocycles. The van der Waals surface area contributed by atoms with E-state index < -0.39 is 6.04 Å². The molecule has 4 rings (SSSR count). The Labute approximate surface area is 204 Å². The molecule has 2 aromatic heterocycles. The molecule has 1 atom stereocenters. The second kappa shape index (κ2) is 11.7. The van der Waals surface area contributed by atoms with Crippen molar-refractivity contribution in [1.82, 2.24) is 20.2 Å². The predicted octanol–water partition coefficient (Wildman–Crippen LogP) is 4.77. The third kappa shape index (κ3) is 5.80. The van der Waals surface area contributed by atoms with Gasteiger partial charge in [0.2, 0.25) is 5.91 Å². The van der Waals surface area contributed by atoms with E-state index in [9.17, 15) is 9.59 Å². The number of rotatable bonds is 9. The van der Waals surface area contributed by atoms with E-state index in [-0.39, 0.29) is 30.1 Å². The van der Waals surface area contributed by atoms with Crippen LogP contribution in [0.15, 0.2) is 60.4 Å². The van der Waals surface area contributed by atoms with Crippen molar-refractivity contribution in [2.45, 2.75) is 57.7 Å². The first-order chi connectivity index (χ1) is 16.7. The fourth-order valence-electron chi connectivity index (χ4n) is 4.38. The number of thiophene rings is 1. The lowest BCUT2D eigenvalue weighted by molar-refractivity contribution is -0.127. The molecule has 178 valence electrons. The van der Waals surface area contributed by atoms with Crippen LogP contribution in [0.4, 0.5) is 0 Å². The van der Waals surface area contributed by atoms with Gasteiger partial charge in [-0.25, -0.2) is 4.98 Å². The lowest BCUT2D eigenvalue weighted by Gasteiger charge is -2.33. The van der Waals surface area contributed by atoms with Gasteiger partial charge in [0.1, 0.15) is 17.5 Å². The minimum absolute atomic E-state index is 0.109. The maximum atomic E-state index is 13.9. The highest BCUT2D eigenvalue weighted by molar-refractivity contribution is 7.09. The monoisotopic (exact) mass is 478 g/mol. The second-order valence-electron chi connectivity index (χ2n) is 8.32. The molecule has 0 radical (unpaired) electrons. The maximum absolute atomic E-state index is 13.9. The van der Waals surface area contributed by atoms with Crippen LogP contribution in [0.25, 0.3) is 0 Å². The molecule has 1 aliphatic rings. The number of nitrogens with one attached hydrogen (secondary N) is 1. The topological polar surface area (TPSA) is 84.4 Å². The number of carbonyl (C=O) groups excluding carboxylic acids is 2. The van der Waals surface area contributed by atoms with Crippen LogP contribution in [-0.4, -0.2) is 39.3 Å². The van der Waals surface area contributed by atoms with Gasteiger partial charge < -0.3 is 15.0 Å². The minimum Gasteiger partial charge on any atom is -0.494 e. The Kier molecular flexibility index (Phi) is 8.25. The number of ether oxygens (including phenoxy) is 1. The largest absolute Gasteiger partial charge is 0.494 e. The molecule has 0 spiro atoms. The van der Waals surface area contributed by atoms with Gasteiger partial charge in [0.05, 0.1) is 19.3 Å². The highest BCUT2D eigenvalue weighted by atomic mass is 32.1. The van der Waals surface area contributed by atoms with Gasteiger partial charge in [0, 0.05) is 28.9 Å². The van der Waals surface area contributed by atoms with E-state index in [4.69, 9.17) is 4.74 Å². The molecule has 3 aromatic rings. The van der Waals surface area contributed by atoms with Crippen molar-refractivity contribution >= 4 is 23.2 Å². The van der Waals surface area contributed by atoms with Gasteiger partial charge in [-0.05, 0) is 37.3 Å². The number of benzene rings is 1. The summed E-state index contributed by atoms with van der Waals surface area (Å²) in [7, 11) is 0. The molecule has 7 nitrogen and oxygen atoms in total. The molecule has 0 saturated heterocycles. The Morgan fingerprint density at radius 2 is 1.97 bits per heavy atom. The van der Waals surface area contributed by atoms with E-state index in [1.807, 2.05) is 48.7 Å². The van der Waals surface area contributed by atoms with Gasteiger partial charge in [-0.3, -0.25) is 14.6 Å². The van der Waals surface area contributed by atoms with Crippen LogP contribution in [0.5, 0.6) is 5.75 Å². The van der Waals surface area contributed by atoms with Crippen molar-refractivity contribution in [3.8, 4) is 5.75 Å². The smallest absolute Gasteiger partial charge is 0.275 e. The highest BCUT2D eigenvalue weighted by Gasteiger charge is 2.36. The molecule has 34 heavy (non-hydrogen) atoms. The summed E-state index contributed by atoms with van der Waals surface area (Å²) in [6.07, 6.45) is 9.75. The summed E-state index contributed by atoms with van der Waals surface area (Å²) < 4.78 is 5.89. The SMILES string of the molecule is CCOc1ccccc1C(C(=O)NC1CCCCC1)N(Cc1cccs1)C(=O)c1cnccn1. The first-order valence-electron chi connectivity index (χ1n) is 11.8. The lowest BCUT2D eigenvalue weighted by atomic mass is 9.94. The minimum atomic E-state index is -0.874. The zero-order valence-corrected chi connectivity index (χ0v) is 20.2. The van der Waals surface area contributed by atoms with Crippen molar-refractivity contribution in [2.24, 2.45) is 0 Å². The molecule has 0 aliphatic heterocycles. The average Bonchev–Trinajstić information content (AvgIpc) is 3.39. The zero-order valence-electron chi connectivity index (χ0n) is 19.4. The Morgan fingerprint density at radius 1 is 1.15 bits per heavy atom. The first kappa shape index (κ1) is 23.9. The van der Waals surface area contributed by atoms with E-state index >= 15 is 0 Å². The molecule has 1 N–H and O–H groups in total. The van der Waals surface area contributed by atoms with E-state index in [0.29, 0.717) is 17.9 Å². The summed E-state index contributed by atoms with van der Waals surface area (Å²) >= 11 is 1.55. The number of nitrogens with zero attached hydrogens (tertiary/aromatic N) is 3. The van der Waals surface area contributed by atoms with Gasteiger partial charge in [-0.2, -0.15) is 0 Å². The molecule has 2 amide bonds. The van der Waals surface area contributed by atoms with Crippen LogP contribution < -0.4 is 10.1 Å².